The van der Waals surface area contributed by atoms with Crippen LogP contribution < -0.4 is 4.90 Å². The van der Waals surface area contributed by atoms with Gasteiger partial charge in [0.15, 0.2) is 5.76 Å². The third kappa shape index (κ3) is 2.58. The van der Waals surface area contributed by atoms with Gasteiger partial charge < -0.3 is 13.8 Å². The Morgan fingerprint density at radius 2 is 2.17 bits per heavy atom. The van der Waals surface area contributed by atoms with Crippen molar-refractivity contribution in [2.45, 2.75) is 19.4 Å². The highest BCUT2D eigenvalue weighted by molar-refractivity contribution is 5.57. The molecule has 0 saturated carbocycles. The number of furan rings is 1. The molecule has 3 aromatic rings. The van der Waals surface area contributed by atoms with Gasteiger partial charge in [0.2, 0.25) is 11.7 Å². The number of halogens is 2. The number of rotatable bonds is 3. The van der Waals surface area contributed by atoms with Crippen LogP contribution in [0.1, 0.15) is 17.9 Å². The van der Waals surface area contributed by atoms with Crippen molar-refractivity contribution < 1.29 is 17.7 Å². The van der Waals surface area contributed by atoms with Gasteiger partial charge in [-0.2, -0.15) is 4.98 Å². The third-order valence-corrected chi connectivity index (χ3v) is 3.83. The monoisotopic (exact) mass is 317 g/mol. The molecule has 0 atom stereocenters. The van der Waals surface area contributed by atoms with E-state index in [1.54, 1.807) is 17.0 Å². The molecular formula is C16H13F2N3O2. The Bertz CT molecular complexity index is 830. The minimum absolute atomic E-state index is 0.267. The van der Waals surface area contributed by atoms with E-state index in [2.05, 4.69) is 10.1 Å². The zero-order chi connectivity index (χ0) is 15.8. The Balaban J connectivity index is 1.61. The molecule has 1 aliphatic heterocycles. The summed E-state index contributed by atoms with van der Waals surface area (Å²) < 4.78 is 37.9. The highest BCUT2D eigenvalue weighted by atomic mass is 19.1. The lowest BCUT2D eigenvalue weighted by Gasteiger charge is -2.30. The summed E-state index contributed by atoms with van der Waals surface area (Å²) in [5, 5.41) is 3.86. The van der Waals surface area contributed by atoms with Crippen LogP contribution in [0.3, 0.4) is 0 Å². The van der Waals surface area contributed by atoms with E-state index in [1.807, 2.05) is 0 Å². The summed E-state index contributed by atoms with van der Waals surface area (Å²) in [5.41, 5.74) is 1.08. The van der Waals surface area contributed by atoms with E-state index in [9.17, 15) is 8.78 Å². The van der Waals surface area contributed by atoms with Crippen LogP contribution in [0.5, 0.6) is 0 Å². The Kier molecular flexibility index (Phi) is 3.33. The molecule has 5 nitrogen and oxygen atoms in total. The Labute approximate surface area is 130 Å². The number of benzene rings is 1. The van der Waals surface area contributed by atoms with Crippen LogP contribution in [0, 0.1) is 11.6 Å². The van der Waals surface area contributed by atoms with Gasteiger partial charge in [0, 0.05) is 12.6 Å². The van der Waals surface area contributed by atoms with Crippen molar-refractivity contribution in [3.63, 3.8) is 0 Å². The summed E-state index contributed by atoms with van der Waals surface area (Å²) in [7, 11) is 0. The molecule has 0 amide bonds. The number of fused-ring (bicyclic) bond motifs is 1. The number of hydrogen-bond acceptors (Lipinski definition) is 5. The molecule has 0 saturated heterocycles. The van der Waals surface area contributed by atoms with E-state index >= 15 is 0 Å². The molecule has 0 fully saturated rings. The lowest BCUT2D eigenvalue weighted by molar-refractivity contribution is 0.373. The van der Waals surface area contributed by atoms with Gasteiger partial charge in [0.25, 0.3) is 0 Å². The maximum Gasteiger partial charge on any atom is 0.246 e. The number of hydrogen-bond donors (Lipinski definition) is 0. The van der Waals surface area contributed by atoms with Crippen molar-refractivity contribution in [3.05, 3.63) is 53.6 Å². The van der Waals surface area contributed by atoms with E-state index in [1.165, 1.54) is 12.3 Å². The molecule has 3 heterocycles. The van der Waals surface area contributed by atoms with E-state index in [0.717, 1.165) is 12.5 Å². The van der Waals surface area contributed by atoms with E-state index in [0.29, 0.717) is 41.7 Å². The van der Waals surface area contributed by atoms with Crippen LogP contribution in [0.2, 0.25) is 0 Å². The van der Waals surface area contributed by atoms with Crippen molar-refractivity contribution in [2.75, 3.05) is 11.4 Å². The van der Waals surface area contributed by atoms with Crippen molar-refractivity contribution in [3.8, 4) is 11.6 Å². The van der Waals surface area contributed by atoms with Gasteiger partial charge in [0.1, 0.15) is 11.6 Å². The standard InChI is InChI=1S/C16H13F2N3O2/c17-11-7-10-3-1-5-21(15(10)12(18)8-11)9-14-19-16(20-23-14)13-4-2-6-22-13/h2,4,6-8H,1,3,5,9H2. The largest absolute Gasteiger partial charge is 0.461 e. The van der Waals surface area contributed by atoms with E-state index < -0.39 is 11.6 Å². The van der Waals surface area contributed by atoms with Crippen LogP contribution in [-0.4, -0.2) is 16.7 Å². The molecule has 118 valence electrons. The molecule has 0 unspecified atom stereocenters. The minimum atomic E-state index is -0.564. The smallest absolute Gasteiger partial charge is 0.246 e. The molecule has 7 heteroatoms. The molecular weight excluding hydrogens is 304 g/mol. The van der Waals surface area contributed by atoms with Gasteiger partial charge in [-0.05, 0) is 36.6 Å². The summed E-state index contributed by atoms with van der Waals surface area (Å²) in [6.07, 6.45) is 2.99. The topological polar surface area (TPSA) is 55.3 Å². The van der Waals surface area contributed by atoms with Crippen molar-refractivity contribution in [1.29, 1.82) is 0 Å². The van der Waals surface area contributed by atoms with Gasteiger partial charge in [-0.1, -0.05) is 5.16 Å². The number of aromatic nitrogens is 2. The third-order valence-electron chi connectivity index (χ3n) is 3.83. The lowest BCUT2D eigenvalue weighted by atomic mass is 10.0. The van der Waals surface area contributed by atoms with Crippen LogP contribution in [0.15, 0.2) is 39.5 Å². The maximum atomic E-state index is 14.2. The molecule has 0 radical (unpaired) electrons. The highest BCUT2D eigenvalue weighted by Gasteiger charge is 2.24. The molecule has 1 aliphatic rings. The number of anilines is 1. The van der Waals surface area contributed by atoms with Crippen LogP contribution in [-0.2, 0) is 13.0 Å². The van der Waals surface area contributed by atoms with E-state index in [-0.39, 0.29) is 6.54 Å². The summed E-state index contributed by atoms with van der Waals surface area (Å²) >= 11 is 0. The van der Waals surface area contributed by atoms with Crippen LogP contribution >= 0.6 is 0 Å². The SMILES string of the molecule is Fc1cc(F)c2c(c1)CCCN2Cc1nc(-c2ccco2)no1. The average molecular weight is 317 g/mol. The molecule has 23 heavy (non-hydrogen) atoms. The quantitative estimate of drug-likeness (QED) is 0.739. The summed E-state index contributed by atoms with van der Waals surface area (Å²) in [6.45, 7) is 0.914. The normalized spacial score (nSPS) is 14.1. The zero-order valence-corrected chi connectivity index (χ0v) is 12.1. The summed E-state index contributed by atoms with van der Waals surface area (Å²) in [5.74, 6) is 0.0913. The Hall–Kier alpha value is -2.70. The summed E-state index contributed by atoms with van der Waals surface area (Å²) in [6, 6.07) is 5.75. The van der Waals surface area contributed by atoms with Gasteiger partial charge in [0.05, 0.1) is 18.5 Å². The van der Waals surface area contributed by atoms with Gasteiger partial charge >= 0.3 is 0 Å². The minimum Gasteiger partial charge on any atom is -0.461 e. The first-order valence-corrected chi connectivity index (χ1v) is 7.30. The first-order chi connectivity index (χ1) is 11.2. The fourth-order valence-electron chi connectivity index (χ4n) is 2.88. The van der Waals surface area contributed by atoms with Gasteiger partial charge in [-0.3, -0.25) is 0 Å². The molecule has 0 N–H and O–H groups in total. The Morgan fingerprint density at radius 3 is 3.00 bits per heavy atom. The van der Waals surface area contributed by atoms with Crippen molar-refractivity contribution in [1.82, 2.24) is 10.1 Å². The maximum absolute atomic E-state index is 14.2. The van der Waals surface area contributed by atoms with Gasteiger partial charge in [-0.25, -0.2) is 8.78 Å². The van der Waals surface area contributed by atoms with Crippen LogP contribution in [0.4, 0.5) is 14.5 Å². The van der Waals surface area contributed by atoms with Crippen molar-refractivity contribution >= 4 is 5.69 Å². The molecule has 2 aromatic heterocycles. The molecule has 0 spiro atoms. The Morgan fingerprint density at radius 1 is 1.26 bits per heavy atom. The molecule has 0 aliphatic carbocycles. The molecule has 1 aromatic carbocycles. The fourth-order valence-corrected chi connectivity index (χ4v) is 2.88. The lowest BCUT2D eigenvalue weighted by Crippen LogP contribution is -2.30. The second-order valence-corrected chi connectivity index (χ2v) is 5.41. The predicted molar refractivity (Wildman–Crippen MR) is 77.7 cm³/mol. The van der Waals surface area contributed by atoms with Gasteiger partial charge in [-0.15, -0.1) is 0 Å². The molecule has 0 bridgehead atoms. The first-order valence-electron chi connectivity index (χ1n) is 7.30. The zero-order valence-electron chi connectivity index (χ0n) is 12.1. The predicted octanol–water partition coefficient (Wildman–Crippen LogP) is 3.56. The average Bonchev–Trinajstić information content (AvgIpc) is 3.17. The number of nitrogens with zero attached hydrogens (tertiary/aromatic N) is 3. The highest BCUT2D eigenvalue weighted by Crippen LogP contribution is 2.32. The van der Waals surface area contributed by atoms with Crippen LogP contribution in [0.25, 0.3) is 11.6 Å². The van der Waals surface area contributed by atoms with Crippen molar-refractivity contribution in [2.24, 2.45) is 0 Å². The second-order valence-electron chi connectivity index (χ2n) is 5.41. The first kappa shape index (κ1) is 13.9. The fraction of sp³-hybridized carbons (Fsp3) is 0.250. The number of aryl methyl sites for hydroxylation is 1. The van der Waals surface area contributed by atoms with E-state index in [4.69, 9.17) is 8.94 Å². The summed E-state index contributed by atoms with van der Waals surface area (Å²) in [4.78, 5) is 6.06. The molecule has 4 rings (SSSR count). The second kappa shape index (κ2) is 5.49.